The molecule has 0 aliphatic rings. The summed E-state index contributed by atoms with van der Waals surface area (Å²) in [7, 11) is -3.83. The van der Waals surface area contributed by atoms with E-state index in [0.717, 1.165) is 0 Å². The number of halogens is 2. The first-order valence-corrected chi connectivity index (χ1v) is 7.76. The maximum absolute atomic E-state index is 13.2. The Morgan fingerprint density at radius 1 is 1.10 bits per heavy atom. The van der Waals surface area contributed by atoms with Crippen LogP contribution in [0.25, 0.3) is 0 Å². The van der Waals surface area contributed by atoms with E-state index in [9.17, 15) is 12.8 Å². The maximum Gasteiger partial charge on any atom is 0.238 e. The quantitative estimate of drug-likeness (QED) is 0.733. The molecule has 8 heteroatoms. The number of benzene rings is 2. The SMILES string of the molecule is Nc1ccc(S(N)(=O)=O)cc1Nc1cc(F)ccc1Br. The van der Waals surface area contributed by atoms with Gasteiger partial charge >= 0.3 is 0 Å². The summed E-state index contributed by atoms with van der Waals surface area (Å²) in [5.74, 6) is -0.433. The molecule has 0 bridgehead atoms. The Morgan fingerprint density at radius 2 is 1.80 bits per heavy atom. The van der Waals surface area contributed by atoms with Gasteiger partial charge in [-0.1, -0.05) is 0 Å². The van der Waals surface area contributed by atoms with Gasteiger partial charge in [0.05, 0.1) is 22.0 Å². The molecular weight excluding hydrogens is 349 g/mol. The molecule has 0 amide bonds. The van der Waals surface area contributed by atoms with Gasteiger partial charge in [-0.2, -0.15) is 0 Å². The van der Waals surface area contributed by atoms with Gasteiger partial charge in [0.2, 0.25) is 10.0 Å². The molecule has 0 saturated heterocycles. The van der Waals surface area contributed by atoms with Crippen molar-refractivity contribution in [2.24, 2.45) is 5.14 Å². The van der Waals surface area contributed by atoms with Gasteiger partial charge in [0.25, 0.3) is 0 Å². The van der Waals surface area contributed by atoms with E-state index in [4.69, 9.17) is 10.9 Å². The Balaban J connectivity index is 2.45. The van der Waals surface area contributed by atoms with Crippen molar-refractivity contribution < 1.29 is 12.8 Å². The van der Waals surface area contributed by atoms with Crippen LogP contribution in [0.2, 0.25) is 0 Å². The zero-order valence-corrected chi connectivity index (χ0v) is 12.5. The third kappa shape index (κ3) is 3.27. The van der Waals surface area contributed by atoms with Crippen LogP contribution >= 0.6 is 15.9 Å². The molecule has 0 radical (unpaired) electrons. The van der Waals surface area contributed by atoms with E-state index >= 15 is 0 Å². The molecule has 5 N–H and O–H groups in total. The number of nitrogen functional groups attached to an aromatic ring is 1. The summed E-state index contributed by atoms with van der Waals surface area (Å²) in [5, 5.41) is 7.92. The fourth-order valence-electron chi connectivity index (χ4n) is 1.56. The van der Waals surface area contributed by atoms with Gasteiger partial charge in [-0.15, -0.1) is 0 Å². The van der Waals surface area contributed by atoms with Crippen LogP contribution in [-0.2, 0) is 10.0 Å². The van der Waals surface area contributed by atoms with Crippen LogP contribution in [0.1, 0.15) is 0 Å². The van der Waals surface area contributed by atoms with Crippen LogP contribution in [0.4, 0.5) is 21.5 Å². The van der Waals surface area contributed by atoms with Crippen LogP contribution in [0.15, 0.2) is 45.8 Å². The van der Waals surface area contributed by atoms with Crippen molar-refractivity contribution in [2.75, 3.05) is 11.1 Å². The lowest BCUT2D eigenvalue weighted by Gasteiger charge is -2.12. The van der Waals surface area contributed by atoms with Gasteiger partial charge < -0.3 is 11.1 Å². The number of nitrogens with one attached hydrogen (secondary N) is 1. The predicted molar refractivity (Wildman–Crippen MR) is 79.6 cm³/mol. The molecule has 2 aromatic rings. The molecule has 0 aliphatic carbocycles. The lowest BCUT2D eigenvalue weighted by atomic mass is 10.2. The number of hydrogen-bond acceptors (Lipinski definition) is 4. The third-order valence-electron chi connectivity index (χ3n) is 2.55. The van der Waals surface area contributed by atoms with Crippen LogP contribution in [-0.4, -0.2) is 8.42 Å². The molecule has 0 spiro atoms. The van der Waals surface area contributed by atoms with Gasteiger partial charge in [-0.05, 0) is 52.3 Å². The van der Waals surface area contributed by atoms with E-state index in [2.05, 4.69) is 21.2 Å². The lowest BCUT2D eigenvalue weighted by molar-refractivity contribution is 0.598. The molecule has 0 saturated carbocycles. The van der Waals surface area contributed by atoms with E-state index in [1.165, 1.54) is 36.4 Å². The molecule has 0 heterocycles. The number of hydrogen-bond donors (Lipinski definition) is 3. The lowest BCUT2D eigenvalue weighted by Crippen LogP contribution is -2.12. The fourth-order valence-corrected chi connectivity index (χ4v) is 2.44. The van der Waals surface area contributed by atoms with Crippen molar-refractivity contribution in [1.82, 2.24) is 0 Å². The Hall–Kier alpha value is -1.64. The van der Waals surface area contributed by atoms with E-state index in [1.54, 1.807) is 0 Å². The Morgan fingerprint density at radius 3 is 2.45 bits per heavy atom. The molecule has 20 heavy (non-hydrogen) atoms. The van der Waals surface area contributed by atoms with Crippen LogP contribution in [0.5, 0.6) is 0 Å². The van der Waals surface area contributed by atoms with Gasteiger partial charge in [-0.3, -0.25) is 0 Å². The number of sulfonamides is 1. The summed E-state index contributed by atoms with van der Waals surface area (Å²) >= 11 is 3.26. The standard InChI is InChI=1S/C12H11BrFN3O2S/c13-9-3-1-7(14)5-11(9)17-12-6-8(20(16,18)19)2-4-10(12)15/h1-6,17H,15H2,(H2,16,18,19). The van der Waals surface area contributed by atoms with E-state index < -0.39 is 15.8 Å². The molecule has 0 unspecified atom stereocenters. The van der Waals surface area contributed by atoms with Gasteiger partial charge in [0, 0.05) is 4.47 Å². The first kappa shape index (κ1) is 14.8. The van der Waals surface area contributed by atoms with Crippen molar-refractivity contribution in [2.45, 2.75) is 4.90 Å². The van der Waals surface area contributed by atoms with Crippen LogP contribution in [0, 0.1) is 5.82 Å². The maximum atomic E-state index is 13.2. The highest BCUT2D eigenvalue weighted by Gasteiger charge is 2.11. The molecule has 0 aliphatic heterocycles. The molecule has 2 rings (SSSR count). The zero-order valence-electron chi connectivity index (χ0n) is 10.1. The minimum Gasteiger partial charge on any atom is -0.397 e. The molecule has 0 aromatic heterocycles. The second-order valence-corrected chi connectivity index (χ2v) is 6.46. The molecule has 0 fully saturated rings. The highest BCUT2D eigenvalue weighted by molar-refractivity contribution is 9.10. The first-order valence-electron chi connectivity index (χ1n) is 5.42. The molecular formula is C12H11BrFN3O2S. The predicted octanol–water partition coefficient (Wildman–Crippen LogP) is 2.56. The summed E-state index contributed by atoms with van der Waals surface area (Å²) in [4.78, 5) is -0.0817. The highest BCUT2D eigenvalue weighted by atomic mass is 79.9. The van der Waals surface area contributed by atoms with Crippen molar-refractivity contribution in [3.8, 4) is 0 Å². The smallest absolute Gasteiger partial charge is 0.238 e. The van der Waals surface area contributed by atoms with E-state index in [1.807, 2.05) is 0 Å². The number of nitrogens with two attached hydrogens (primary N) is 2. The summed E-state index contributed by atoms with van der Waals surface area (Å²) < 4.78 is 36.4. The van der Waals surface area contributed by atoms with E-state index in [-0.39, 0.29) is 4.90 Å². The Bertz CT molecular complexity index is 765. The summed E-state index contributed by atoms with van der Waals surface area (Å²) in [6, 6.07) is 8.08. The number of rotatable bonds is 3. The van der Waals surface area contributed by atoms with Crippen molar-refractivity contribution in [1.29, 1.82) is 0 Å². The average molecular weight is 360 g/mol. The topological polar surface area (TPSA) is 98.2 Å². The van der Waals surface area contributed by atoms with E-state index in [0.29, 0.717) is 21.5 Å². The molecule has 106 valence electrons. The van der Waals surface area contributed by atoms with Gasteiger partial charge in [0.1, 0.15) is 5.82 Å². The largest absolute Gasteiger partial charge is 0.397 e. The van der Waals surface area contributed by atoms with Crippen LogP contribution < -0.4 is 16.2 Å². The Kier molecular flexibility index (Phi) is 3.98. The van der Waals surface area contributed by atoms with Crippen molar-refractivity contribution in [3.05, 3.63) is 46.7 Å². The minimum atomic E-state index is -3.83. The van der Waals surface area contributed by atoms with Crippen LogP contribution in [0.3, 0.4) is 0 Å². The molecule has 2 aromatic carbocycles. The zero-order chi connectivity index (χ0) is 14.9. The van der Waals surface area contributed by atoms with Crippen molar-refractivity contribution >= 4 is 43.0 Å². The Labute approximate surface area is 124 Å². The second-order valence-electron chi connectivity index (χ2n) is 4.04. The highest BCUT2D eigenvalue weighted by Crippen LogP contribution is 2.30. The fraction of sp³-hybridized carbons (Fsp3) is 0. The third-order valence-corrected chi connectivity index (χ3v) is 4.15. The van der Waals surface area contributed by atoms with Crippen molar-refractivity contribution in [3.63, 3.8) is 0 Å². The summed E-state index contributed by atoms with van der Waals surface area (Å²) in [6.45, 7) is 0. The minimum absolute atomic E-state index is 0.0817. The number of anilines is 3. The average Bonchev–Trinajstić information content (AvgIpc) is 2.35. The molecule has 5 nitrogen and oxygen atoms in total. The monoisotopic (exact) mass is 359 g/mol. The normalized spacial score (nSPS) is 11.3. The summed E-state index contributed by atoms with van der Waals surface area (Å²) in [5.41, 5.74) is 6.82. The summed E-state index contributed by atoms with van der Waals surface area (Å²) in [6.07, 6.45) is 0. The molecule has 0 atom stereocenters. The van der Waals surface area contributed by atoms with Gasteiger partial charge in [-0.25, -0.2) is 17.9 Å². The van der Waals surface area contributed by atoms with Gasteiger partial charge in [0.15, 0.2) is 0 Å². The number of primary sulfonamides is 1. The first-order chi connectivity index (χ1) is 9.27. The second kappa shape index (κ2) is 5.39.